The third kappa shape index (κ3) is 3.78. The van der Waals surface area contributed by atoms with Crippen molar-refractivity contribution in [2.45, 2.75) is 19.3 Å². The molecule has 4 nitrogen and oxygen atoms in total. The van der Waals surface area contributed by atoms with Crippen molar-refractivity contribution in [1.82, 2.24) is 4.57 Å². The minimum Gasteiger partial charge on any atom is -0.440 e. The van der Waals surface area contributed by atoms with Gasteiger partial charge in [-0.1, -0.05) is 129 Å². The zero-order valence-electron chi connectivity index (χ0n) is 54.0. The van der Waals surface area contributed by atoms with Crippen molar-refractivity contribution < 1.29 is 40.1 Å². The van der Waals surface area contributed by atoms with Crippen LogP contribution < -0.4 is 26.2 Å². The summed E-state index contributed by atoms with van der Waals surface area (Å²) in [4.78, 5) is 1.95. The Morgan fingerprint density at radius 3 is 1.96 bits per heavy atom. The van der Waals surface area contributed by atoms with E-state index in [4.69, 9.17) is 25.0 Å². The smallest absolute Gasteiger partial charge is 0.257 e. The Bertz CT molecular complexity index is 4450. The maximum atomic E-state index is 9.70. The van der Waals surface area contributed by atoms with E-state index in [0.717, 1.165) is 9.80 Å². The number of hydrogen-bond donors (Lipinski definition) is 0. The van der Waals surface area contributed by atoms with Crippen LogP contribution in [0.15, 0.2) is 174 Å². The van der Waals surface area contributed by atoms with Gasteiger partial charge in [0.2, 0.25) is 5.88 Å². The lowest BCUT2D eigenvalue weighted by molar-refractivity contribution is 0.622. The fourth-order valence-electron chi connectivity index (χ4n) is 8.38. The Labute approximate surface area is 350 Å². The number of aromatic nitrogens is 1. The second-order valence-corrected chi connectivity index (χ2v) is 13.4. The van der Waals surface area contributed by atoms with E-state index in [1.54, 1.807) is 13.8 Å². The number of hydrogen-bond acceptors (Lipinski definition) is 3. The number of para-hydroxylation sites is 5. The van der Waals surface area contributed by atoms with Crippen molar-refractivity contribution in [2.24, 2.45) is 0 Å². The highest BCUT2D eigenvalue weighted by atomic mass is 16.4. The van der Waals surface area contributed by atoms with Gasteiger partial charge in [0.25, 0.3) is 6.71 Å². The molecule has 3 aliphatic rings. The van der Waals surface area contributed by atoms with E-state index in [0.29, 0.717) is 0 Å². The minimum atomic E-state index is -1.72. The second-order valence-electron chi connectivity index (χ2n) is 13.4. The molecule has 54 heavy (non-hydrogen) atoms. The van der Waals surface area contributed by atoms with E-state index in [1.165, 1.54) is 16.7 Å². The summed E-state index contributed by atoms with van der Waals surface area (Å²) < 4.78 is 245. The van der Waals surface area contributed by atoms with E-state index in [2.05, 4.69) is 0 Å². The molecule has 2 aliphatic heterocycles. The number of benzene rings is 7. The Hall–Kier alpha value is -6.72. The quantitative estimate of drug-likeness (QED) is 0.170. The highest BCUT2D eigenvalue weighted by Crippen LogP contribution is 2.54. The largest absolute Gasteiger partial charge is 0.440 e. The van der Waals surface area contributed by atoms with Crippen molar-refractivity contribution in [2.75, 3.05) is 9.80 Å². The number of nitrogens with zero attached hydrogens (tertiary/aromatic N) is 3. The molecule has 0 fully saturated rings. The Morgan fingerprint density at radius 1 is 0.556 bits per heavy atom. The van der Waals surface area contributed by atoms with E-state index in [-0.39, 0.29) is 66.7 Å². The van der Waals surface area contributed by atoms with E-state index < -0.39 is 203 Å². The van der Waals surface area contributed by atoms with Crippen LogP contribution in [0.4, 0.5) is 34.3 Å². The maximum Gasteiger partial charge on any atom is 0.257 e. The first-order valence-corrected chi connectivity index (χ1v) is 16.7. The van der Waals surface area contributed by atoms with Crippen LogP contribution in [0.25, 0.3) is 38.8 Å². The SMILES string of the molecule is [2H]c1c([2H])c([2H])c(N2c3cc(-n4c5c(c6c([2H])c([2H])c([2H])c([2H])c64)C(C)(C)c4c([2H])c([2H])c([2H])c([2H])c4-5)cc4c3B(c3c([2H])c([2H])c([2H])c([2H])c3N4c3c([2H])c([2H])c([2H])c([2H])c3[2H])c3c2oc2c([2H])c([2H])c([2H])c([2H])c32)c([2H])c1[2H]. The van der Waals surface area contributed by atoms with Gasteiger partial charge in [0, 0.05) is 55.7 Å². The van der Waals surface area contributed by atoms with Crippen LogP contribution in [0, 0.1) is 0 Å². The lowest BCUT2D eigenvalue weighted by Gasteiger charge is -2.42. The molecule has 1 aliphatic carbocycles. The van der Waals surface area contributed by atoms with E-state index in [9.17, 15) is 15.1 Å². The van der Waals surface area contributed by atoms with Gasteiger partial charge in [-0.05, 0) is 76.5 Å². The lowest BCUT2D eigenvalue weighted by atomic mass is 9.33. The van der Waals surface area contributed by atoms with Crippen LogP contribution in [0.1, 0.15) is 60.6 Å². The third-order valence-electron chi connectivity index (χ3n) is 10.4. The molecule has 0 amide bonds. The van der Waals surface area contributed by atoms with Gasteiger partial charge in [0.15, 0.2) is 0 Å². The molecule has 0 saturated heterocycles. The predicted octanol–water partition coefficient (Wildman–Crippen LogP) is 10.8. The molecule has 0 atom stereocenters. The van der Waals surface area contributed by atoms with Gasteiger partial charge >= 0.3 is 0 Å². The highest BCUT2D eigenvalue weighted by molar-refractivity contribution is 7.01. The summed E-state index contributed by atoms with van der Waals surface area (Å²) in [6, 6.07) is -18.0. The Balaban J connectivity index is 1.41. The lowest BCUT2D eigenvalue weighted by Crippen LogP contribution is -2.61. The van der Waals surface area contributed by atoms with Gasteiger partial charge in [-0.3, -0.25) is 4.90 Å². The first kappa shape index (κ1) is 14.3. The zero-order valence-corrected chi connectivity index (χ0v) is 28.0. The van der Waals surface area contributed by atoms with E-state index in [1.807, 2.05) is 0 Å². The molecule has 0 bridgehead atoms. The van der Waals surface area contributed by atoms with Crippen LogP contribution >= 0.6 is 0 Å². The summed E-state index contributed by atoms with van der Waals surface area (Å²) in [6.07, 6.45) is 0. The van der Waals surface area contributed by atoms with Crippen LogP contribution in [-0.4, -0.2) is 11.3 Å². The number of furan rings is 1. The molecule has 5 heteroatoms. The molecule has 12 rings (SSSR count). The standard InChI is InChI=1S/C49H34BN3O/c1-49(2)37-24-12-9-21-34(37)47-44(49)35-22-10-14-26-39(35)52(47)33-29-41-46-42(30-33)53(32-19-7-4-8-20-32)48-45(36-23-11-16-28-43(36)54-48)50(46)38-25-13-15-27-40(38)51(41)31-17-5-3-6-18-31/h3-30H,1-2H3/i3D,4D,5D,6D,7D,8D,9D,10D,11D,12D,13D,14D,15D,16D,17D,18D,19D,20D,21D,22D,23D,24D,25D,26D,27D,28D. The van der Waals surface area contributed by atoms with Crippen molar-refractivity contribution >= 4 is 79.3 Å². The van der Waals surface area contributed by atoms with Gasteiger partial charge in [-0.15, -0.1) is 0 Å². The van der Waals surface area contributed by atoms with Crippen molar-refractivity contribution in [3.05, 3.63) is 180 Å². The summed E-state index contributed by atoms with van der Waals surface area (Å²) in [5.41, 5.74) is -6.30. The normalized spacial score (nSPS) is 21.3. The summed E-state index contributed by atoms with van der Waals surface area (Å²) in [6.45, 7) is 1.48. The van der Waals surface area contributed by atoms with Gasteiger partial charge < -0.3 is 13.9 Å². The van der Waals surface area contributed by atoms with Crippen LogP contribution in [0.2, 0.25) is 0 Å². The topological polar surface area (TPSA) is 24.6 Å². The van der Waals surface area contributed by atoms with Gasteiger partial charge in [-0.25, -0.2) is 0 Å². The van der Waals surface area contributed by atoms with Crippen LogP contribution in [0.3, 0.4) is 0 Å². The number of rotatable bonds is 3. The molecule has 0 unspecified atom stereocenters. The number of fused-ring (bicyclic) bond motifs is 11. The van der Waals surface area contributed by atoms with E-state index >= 15 is 0 Å². The molecule has 0 spiro atoms. The highest BCUT2D eigenvalue weighted by Gasteiger charge is 2.47. The molecule has 0 radical (unpaired) electrons. The molecule has 9 aromatic rings. The first-order valence-electron chi connectivity index (χ1n) is 29.7. The molecular weight excluding hydrogens is 657 g/mol. The molecule has 4 heterocycles. The minimum absolute atomic E-state index is 0.0224. The van der Waals surface area contributed by atoms with Crippen molar-refractivity contribution in [3.8, 4) is 16.9 Å². The molecule has 254 valence electrons. The molecular formula is C49H34BN3O. The summed E-state index contributed by atoms with van der Waals surface area (Å²) >= 11 is 0. The summed E-state index contributed by atoms with van der Waals surface area (Å²) in [5.74, 6) is -0.564. The molecule has 0 saturated carbocycles. The van der Waals surface area contributed by atoms with Gasteiger partial charge in [-0.2, -0.15) is 0 Å². The van der Waals surface area contributed by atoms with Crippen LogP contribution in [0.5, 0.6) is 0 Å². The third-order valence-corrected chi connectivity index (χ3v) is 10.4. The number of anilines is 6. The molecule has 2 aromatic heterocycles. The Morgan fingerprint density at radius 2 is 1.17 bits per heavy atom. The first-order chi connectivity index (χ1) is 37.4. The van der Waals surface area contributed by atoms with Gasteiger partial charge in [0.05, 0.1) is 52.5 Å². The average Bonchev–Trinajstić information content (AvgIpc) is 4.12. The molecule has 7 aromatic carbocycles. The molecule has 0 N–H and O–H groups in total. The summed E-state index contributed by atoms with van der Waals surface area (Å²) in [5, 5.41) is -0.539. The van der Waals surface area contributed by atoms with Crippen molar-refractivity contribution in [1.29, 1.82) is 0 Å². The van der Waals surface area contributed by atoms with Gasteiger partial charge in [0.1, 0.15) is 5.58 Å². The van der Waals surface area contributed by atoms with Crippen LogP contribution in [-0.2, 0) is 5.41 Å². The monoisotopic (exact) mass is 717 g/mol. The fraction of sp³-hybridized carbons (Fsp3) is 0.0612. The maximum absolute atomic E-state index is 9.70. The second kappa shape index (κ2) is 10.7. The Kier molecular flexibility index (Phi) is 2.82. The average molecular weight is 718 g/mol. The predicted molar refractivity (Wildman–Crippen MR) is 225 cm³/mol. The zero-order chi connectivity index (χ0) is 58.3. The van der Waals surface area contributed by atoms with Crippen molar-refractivity contribution in [3.63, 3.8) is 0 Å². The fourth-order valence-corrected chi connectivity index (χ4v) is 8.38. The summed E-state index contributed by atoms with van der Waals surface area (Å²) in [7, 11) is 0.